The van der Waals surface area contributed by atoms with E-state index in [1.807, 2.05) is 45.0 Å². The third-order valence-corrected chi connectivity index (χ3v) is 3.21. The summed E-state index contributed by atoms with van der Waals surface area (Å²) in [6, 6.07) is 7.55. The Morgan fingerprint density at radius 3 is 2.48 bits per heavy atom. The van der Waals surface area contributed by atoms with Gasteiger partial charge in [0.25, 0.3) is 0 Å². The third kappa shape index (κ3) is 5.94. The molecule has 1 unspecified atom stereocenters. The molecule has 2 rings (SSSR count). The van der Waals surface area contributed by atoms with E-state index >= 15 is 0 Å². The lowest BCUT2D eigenvalue weighted by molar-refractivity contribution is -0.120. The summed E-state index contributed by atoms with van der Waals surface area (Å²) in [5.74, 6) is 0.991. The molecule has 2 N–H and O–H groups in total. The quantitative estimate of drug-likeness (QED) is 0.901. The van der Waals surface area contributed by atoms with Crippen LogP contribution in [-0.2, 0) is 4.79 Å². The van der Waals surface area contributed by atoms with E-state index in [1.54, 1.807) is 0 Å². The van der Waals surface area contributed by atoms with Gasteiger partial charge >= 0.3 is 0 Å². The van der Waals surface area contributed by atoms with Crippen LogP contribution in [0, 0.1) is 5.92 Å². The first-order valence-corrected chi connectivity index (χ1v) is 7.25. The highest BCUT2D eigenvalue weighted by molar-refractivity contribution is 5.92. The van der Waals surface area contributed by atoms with Crippen molar-refractivity contribution in [2.75, 3.05) is 18.4 Å². The molecule has 0 saturated carbocycles. The Balaban J connectivity index is 0.00000220. The van der Waals surface area contributed by atoms with Gasteiger partial charge in [-0.3, -0.25) is 4.79 Å². The molecule has 1 fully saturated rings. The number of amides is 1. The normalized spacial score (nSPS) is 18.5. The number of piperidine rings is 1. The van der Waals surface area contributed by atoms with Gasteiger partial charge in [0.05, 0.1) is 5.92 Å². The van der Waals surface area contributed by atoms with Crippen LogP contribution in [0.5, 0.6) is 5.75 Å². The van der Waals surface area contributed by atoms with Crippen LogP contribution in [0.15, 0.2) is 24.3 Å². The Morgan fingerprint density at radius 2 is 1.95 bits per heavy atom. The molecular weight excluding hydrogens is 288 g/mol. The summed E-state index contributed by atoms with van der Waals surface area (Å²) >= 11 is 0. The maximum Gasteiger partial charge on any atom is 0.228 e. The first-order valence-electron chi connectivity index (χ1n) is 7.25. The Labute approximate surface area is 133 Å². The number of nitrogens with one attached hydrogen (secondary N) is 2. The van der Waals surface area contributed by atoms with E-state index in [0.29, 0.717) is 0 Å². The molecule has 1 aliphatic heterocycles. The lowest BCUT2D eigenvalue weighted by Gasteiger charge is -2.23. The van der Waals surface area contributed by atoms with Gasteiger partial charge in [0, 0.05) is 12.2 Å². The zero-order valence-electron chi connectivity index (χ0n) is 12.9. The van der Waals surface area contributed by atoms with E-state index in [2.05, 4.69) is 10.6 Å². The van der Waals surface area contributed by atoms with Crippen LogP contribution >= 0.6 is 12.4 Å². The van der Waals surface area contributed by atoms with Crippen molar-refractivity contribution in [3.63, 3.8) is 0 Å². The summed E-state index contributed by atoms with van der Waals surface area (Å²) in [6.45, 7) is 7.83. The molecule has 21 heavy (non-hydrogen) atoms. The summed E-state index contributed by atoms with van der Waals surface area (Å²) in [5.41, 5.74) is 0.611. The number of rotatable bonds is 3. The molecule has 0 aliphatic carbocycles. The first-order chi connectivity index (χ1) is 9.44. The summed E-state index contributed by atoms with van der Waals surface area (Å²) in [7, 11) is 0. The Morgan fingerprint density at radius 1 is 1.29 bits per heavy atom. The maximum absolute atomic E-state index is 12.1. The van der Waals surface area contributed by atoms with Crippen molar-refractivity contribution in [1.29, 1.82) is 0 Å². The average Bonchev–Trinajstić information content (AvgIpc) is 2.40. The number of halogens is 1. The van der Waals surface area contributed by atoms with E-state index in [4.69, 9.17) is 4.74 Å². The highest BCUT2D eigenvalue weighted by atomic mass is 35.5. The number of carbonyl (C=O) groups is 1. The van der Waals surface area contributed by atoms with Crippen molar-refractivity contribution in [1.82, 2.24) is 5.32 Å². The number of ether oxygens (including phenoxy) is 1. The zero-order valence-corrected chi connectivity index (χ0v) is 13.8. The number of hydrogen-bond acceptors (Lipinski definition) is 3. The van der Waals surface area contributed by atoms with Crippen molar-refractivity contribution in [3.8, 4) is 5.75 Å². The second kappa shape index (κ2) is 7.66. The molecule has 1 aromatic carbocycles. The lowest BCUT2D eigenvalue weighted by atomic mass is 9.99. The first kappa shape index (κ1) is 17.8. The molecule has 0 aromatic heterocycles. The van der Waals surface area contributed by atoms with Crippen LogP contribution in [0.2, 0.25) is 0 Å². The molecule has 1 aromatic rings. The molecule has 1 aliphatic rings. The van der Waals surface area contributed by atoms with Gasteiger partial charge in [-0.05, 0) is 64.4 Å². The van der Waals surface area contributed by atoms with Crippen LogP contribution in [-0.4, -0.2) is 24.6 Å². The van der Waals surface area contributed by atoms with E-state index in [0.717, 1.165) is 37.4 Å². The molecule has 118 valence electrons. The summed E-state index contributed by atoms with van der Waals surface area (Å²) < 4.78 is 5.76. The Hall–Kier alpha value is -1.26. The predicted molar refractivity (Wildman–Crippen MR) is 88.3 cm³/mol. The van der Waals surface area contributed by atoms with Crippen LogP contribution in [0.1, 0.15) is 33.6 Å². The zero-order chi connectivity index (χ0) is 14.6. The van der Waals surface area contributed by atoms with Crippen molar-refractivity contribution < 1.29 is 9.53 Å². The second-order valence-electron chi connectivity index (χ2n) is 6.27. The molecule has 1 atom stereocenters. The Kier molecular flexibility index (Phi) is 6.49. The molecule has 1 heterocycles. The summed E-state index contributed by atoms with van der Waals surface area (Å²) in [6.07, 6.45) is 2.03. The highest BCUT2D eigenvalue weighted by Crippen LogP contribution is 2.21. The topological polar surface area (TPSA) is 50.4 Å². The van der Waals surface area contributed by atoms with Crippen molar-refractivity contribution >= 4 is 24.0 Å². The molecule has 4 nitrogen and oxygen atoms in total. The SMILES string of the molecule is CC(C)(C)Oc1ccc(NC(=O)C2CCCNC2)cc1.Cl. The molecule has 0 radical (unpaired) electrons. The minimum atomic E-state index is -0.210. The summed E-state index contributed by atoms with van der Waals surface area (Å²) in [5, 5.41) is 6.22. The van der Waals surface area contributed by atoms with Gasteiger partial charge in [-0.25, -0.2) is 0 Å². The number of hydrogen-bond donors (Lipinski definition) is 2. The largest absolute Gasteiger partial charge is 0.488 e. The summed E-state index contributed by atoms with van der Waals surface area (Å²) in [4.78, 5) is 12.1. The van der Waals surface area contributed by atoms with Crippen LogP contribution in [0.3, 0.4) is 0 Å². The average molecular weight is 313 g/mol. The van der Waals surface area contributed by atoms with Crippen molar-refractivity contribution in [2.24, 2.45) is 5.92 Å². The standard InChI is InChI=1S/C16H24N2O2.ClH/c1-16(2,3)20-14-8-6-13(7-9-14)18-15(19)12-5-4-10-17-11-12;/h6-9,12,17H,4-5,10-11H2,1-3H3,(H,18,19);1H. The fraction of sp³-hybridized carbons (Fsp3) is 0.562. The molecule has 5 heteroatoms. The minimum absolute atomic E-state index is 0. The fourth-order valence-electron chi connectivity index (χ4n) is 2.28. The number of anilines is 1. The van der Waals surface area contributed by atoms with Crippen molar-refractivity contribution in [2.45, 2.75) is 39.2 Å². The fourth-order valence-corrected chi connectivity index (χ4v) is 2.28. The lowest BCUT2D eigenvalue weighted by Crippen LogP contribution is -2.37. The molecular formula is C16H25ClN2O2. The second-order valence-corrected chi connectivity index (χ2v) is 6.27. The van der Waals surface area contributed by atoms with Gasteiger partial charge in [-0.1, -0.05) is 0 Å². The predicted octanol–water partition coefficient (Wildman–Crippen LogP) is 3.22. The van der Waals surface area contributed by atoms with E-state index in [9.17, 15) is 4.79 Å². The molecule has 0 spiro atoms. The number of carbonyl (C=O) groups excluding carboxylic acids is 1. The van der Waals surface area contributed by atoms with Crippen molar-refractivity contribution in [3.05, 3.63) is 24.3 Å². The van der Waals surface area contributed by atoms with E-state index in [1.165, 1.54) is 0 Å². The van der Waals surface area contributed by atoms with Gasteiger partial charge in [-0.15, -0.1) is 12.4 Å². The van der Waals surface area contributed by atoms with Gasteiger partial charge in [-0.2, -0.15) is 0 Å². The third-order valence-electron chi connectivity index (χ3n) is 3.21. The molecule has 1 saturated heterocycles. The van der Waals surface area contributed by atoms with E-state index < -0.39 is 0 Å². The smallest absolute Gasteiger partial charge is 0.228 e. The number of benzene rings is 1. The Bertz CT molecular complexity index is 448. The molecule has 1 amide bonds. The van der Waals surface area contributed by atoms with E-state index in [-0.39, 0.29) is 29.8 Å². The van der Waals surface area contributed by atoms with Crippen LogP contribution < -0.4 is 15.4 Å². The molecule has 0 bridgehead atoms. The maximum atomic E-state index is 12.1. The monoisotopic (exact) mass is 312 g/mol. The minimum Gasteiger partial charge on any atom is -0.488 e. The highest BCUT2D eigenvalue weighted by Gasteiger charge is 2.20. The van der Waals surface area contributed by atoms with Gasteiger partial charge in [0.15, 0.2) is 0 Å². The van der Waals surface area contributed by atoms with Crippen LogP contribution in [0.4, 0.5) is 5.69 Å². The van der Waals surface area contributed by atoms with Gasteiger partial charge in [0.2, 0.25) is 5.91 Å². The van der Waals surface area contributed by atoms with Gasteiger partial charge < -0.3 is 15.4 Å². The van der Waals surface area contributed by atoms with Gasteiger partial charge in [0.1, 0.15) is 11.4 Å². The van der Waals surface area contributed by atoms with Crippen LogP contribution in [0.25, 0.3) is 0 Å².